The van der Waals surface area contributed by atoms with Crippen molar-refractivity contribution < 1.29 is 53.1 Å². The molecule has 1 aromatic carbocycles. The number of carbonyl (C=O) groups is 1. The molecule has 0 aliphatic heterocycles. The van der Waals surface area contributed by atoms with E-state index >= 15 is 0 Å². The summed E-state index contributed by atoms with van der Waals surface area (Å²) in [5.41, 5.74) is 0.424. The van der Waals surface area contributed by atoms with Gasteiger partial charge in [-0.3, -0.25) is 4.90 Å². The zero-order chi connectivity index (χ0) is 12.9. The van der Waals surface area contributed by atoms with Gasteiger partial charge in [0, 0.05) is 12.8 Å². The molecule has 0 fully saturated rings. The van der Waals surface area contributed by atoms with Crippen LogP contribution in [-0.2, 0) is 13.8 Å². The van der Waals surface area contributed by atoms with Crippen LogP contribution in [0.4, 0.5) is 10.5 Å². The average molecular weight is 281 g/mol. The smallest absolute Gasteiger partial charge is 0.777 e. The second-order valence-electron chi connectivity index (χ2n) is 3.17. The number of anilines is 1. The Bertz CT molecular complexity index is 428. The van der Waals surface area contributed by atoms with Crippen molar-refractivity contribution in [2.24, 2.45) is 0 Å². The number of amides is 1. The van der Waals surface area contributed by atoms with Gasteiger partial charge in [0.1, 0.15) is 0 Å². The Hall–Kier alpha value is -0.360. The number of benzene rings is 1. The Balaban J connectivity index is 0.00000289. The van der Waals surface area contributed by atoms with Crippen molar-refractivity contribution in [2.45, 2.75) is 0 Å². The van der Waals surface area contributed by atoms with Gasteiger partial charge in [0.05, 0.1) is 13.4 Å². The van der Waals surface area contributed by atoms with Crippen molar-refractivity contribution in [3.8, 4) is 0 Å². The first-order chi connectivity index (χ1) is 8.00. The van der Waals surface area contributed by atoms with Crippen LogP contribution in [0.5, 0.6) is 0 Å². The van der Waals surface area contributed by atoms with Gasteiger partial charge in [0.15, 0.2) is 7.60 Å². The molecule has 0 saturated heterocycles. The minimum atomic E-state index is -4.09. The summed E-state index contributed by atoms with van der Waals surface area (Å²) < 4.78 is 20.2. The zero-order valence-electron chi connectivity index (χ0n) is 10.5. The van der Waals surface area contributed by atoms with Crippen LogP contribution in [0.2, 0.25) is 0 Å². The summed E-state index contributed by atoms with van der Waals surface area (Å²) in [4.78, 5) is 23.8. The van der Waals surface area contributed by atoms with E-state index in [1.807, 2.05) is 0 Å². The molecular weight excluding hydrogens is 268 g/mol. The predicted molar refractivity (Wildman–Crippen MR) is 60.8 cm³/mol. The maximum Gasteiger partial charge on any atom is 1.00 e. The summed E-state index contributed by atoms with van der Waals surface area (Å²) in [5.74, 6) is 0. The van der Waals surface area contributed by atoms with Crippen molar-refractivity contribution in [2.75, 3.05) is 25.4 Å². The molecule has 1 unspecified atom stereocenters. The number of nitrogens with zero attached hydrogens (tertiary/aromatic N) is 1. The summed E-state index contributed by atoms with van der Waals surface area (Å²) >= 11 is 0. The summed E-state index contributed by atoms with van der Waals surface area (Å²) in [5, 5.41) is 0. The molecule has 1 amide bonds. The minimum Gasteiger partial charge on any atom is -0.777 e. The molecule has 1 atom stereocenters. The van der Waals surface area contributed by atoms with Crippen molar-refractivity contribution in [3.05, 3.63) is 30.3 Å². The molecule has 0 radical (unpaired) electrons. The molecule has 94 valence electrons. The molecule has 1 aromatic rings. The molecule has 0 saturated carbocycles. The fraction of sp³-hybridized carbons (Fsp3) is 0.300. The largest absolute Gasteiger partial charge is 1.00 e. The first-order valence-electron chi connectivity index (χ1n) is 4.76. The first-order valence-corrected chi connectivity index (χ1v) is 6.49. The van der Waals surface area contributed by atoms with Gasteiger partial charge in [0.25, 0.3) is 0 Å². The summed E-state index contributed by atoms with van der Waals surface area (Å²) in [7, 11) is -1.86. The number of hydrogen-bond donors (Lipinski definition) is 0. The second kappa shape index (κ2) is 7.94. The normalized spacial score (nSPS) is 13.1. The fourth-order valence-corrected chi connectivity index (χ4v) is 1.93. The van der Waals surface area contributed by atoms with E-state index in [1.165, 1.54) is 7.11 Å². The number of para-hydroxylation sites is 1. The van der Waals surface area contributed by atoms with Gasteiger partial charge in [-0.15, -0.1) is 0 Å². The monoisotopic (exact) mass is 281 g/mol. The van der Waals surface area contributed by atoms with Crippen LogP contribution < -0.4 is 39.4 Å². The Morgan fingerprint density at radius 1 is 1.33 bits per heavy atom. The van der Waals surface area contributed by atoms with Gasteiger partial charge in [-0.2, -0.15) is 0 Å². The van der Waals surface area contributed by atoms with Crippen molar-refractivity contribution in [1.29, 1.82) is 0 Å². The Kier molecular flexibility index (Phi) is 7.78. The van der Waals surface area contributed by atoms with Crippen LogP contribution in [0.15, 0.2) is 30.3 Å². The Labute approximate surface area is 128 Å². The average Bonchev–Trinajstić information content (AvgIpc) is 2.36. The molecule has 1 rings (SSSR count). The van der Waals surface area contributed by atoms with Gasteiger partial charge >= 0.3 is 35.7 Å². The van der Waals surface area contributed by atoms with Gasteiger partial charge in [-0.25, -0.2) is 4.79 Å². The van der Waals surface area contributed by atoms with E-state index in [2.05, 4.69) is 9.26 Å². The van der Waals surface area contributed by atoms with Crippen LogP contribution >= 0.6 is 7.60 Å². The van der Waals surface area contributed by atoms with Crippen LogP contribution in [0, 0.1) is 0 Å². The fourth-order valence-electron chi connectivity index (χ4n) is 1.19. The minimum absolute atomic E-state index is 0. The number of methoxy groups -OCH3 is 1. The molecule has 0 N–H and O–H groups in total. The zero-order valence-corrected chi connectivity index (χ0v) is 13.4. The van der Waals surface area contributed by atoms with Crippen LogP contribution in [-0.4, -0.2) is 26.6 Å². The molecule has 18 heavy (non-hydrogen) atoms. The van der Waals surface area contributed by atoms with E-state index in [0.717, 1.165) is 12.0 Å². The third kappa shape index (κ3) is 5.10. The molecule has 0 spiro atoms. The Morgan fingerprint density at radius 3 is 2.33 bits per heavy atom. The van der Waals surface area contributed by atoms with Gasteiger partial charge in [-0.1, -0.05) is 18.2 Å². The summed E-state index contributed by atoms with van der Waals surface area (Å²) in [6.45, 7) is 0. The van der Waals surface area contributed by atoms with Crippen molar-refractivity contribution in [3.63, 3.8) is 0 Å². The number of carbonyl (C=O) groups excluding carboxylic acids is 1. The molecular formula is C10H13NNaO5P. The number of hydrogen-bond acceptors (Lipinski definition) is 5. The van der Waals surface area contributed by atoms with E-state index in [9.17, 15) is 14.3 Å². The summed E-state index contributed by atoms with van der Waals surface area (Å²) in [6.07, 6.45) is -1.33. The van der Waals surface area contributed by atoms with Crippen LogP contribution in [0.3, 0.4) is 0 Å². The van der Waals surface area contributed by atoms with E-state index in [-0.39, 0.29) is 29.6 Å². The second-order valence-corrected chi connectivity index (χ2v) is 5.04. The quantitative estimate of drug-likeness (QED) is 0.491. The standard InChI is InChI=1S/C10H14NO5P.Na/c1-15-10(12)11(8-17(13,14)16-2)9-6-4-3-5-7-9;/h3-7H,8H2,1-2H3,(H,13,14);/q;+1/p-1. The third-order valence-corrected chi connectivity index (χ3v) is 3.24. The van der Waals surface area contributed by atoms with Gasteiger partial charge in [-0.05, 0) is 12.1 Å². The molecule has 0 heterocycles. The predicted octanol–water partition coefficient (Wildman–Crippen LogP) is -1.58. The molecule has 0 bridgehead atoms. The number of rotatable bonds is 4. The topological polar surface area (TPSA) is 78.9 Å². The number of ether oxygens (including phenoxy) is 1. The Morgan fingerprint density at radius 2 is 1.89 bits per heavy atom. The van der Waals surface area contributed by atoms with E-state index in [0.29, 0.717) is 5.69 Å². The molecule has 8 heteroatoms. The first kappa shape index (κ1) is 17.6. The van der Waals surface area contributed by atoms with Gasteiger partial charge in [0.2, 0.25) is 0 Å². The molecule has 6 nitrogen and oxygen atoms in total. The van der Waals surface area contributed by atoms with E-state index in [1.54, 1.807) is 30.3 Å². The molecule has 0 aromatic heterocycles. The molecule has 0 aliphatic rings. The van der Waals surface area contributed by atoms with Gasteiger partial charge < -0.3 is 18.7 Å². The van der Waals surface area contributed by atoms with Crippen LogP contribution in [0.1, 0.15) is 0 Å². The van der Waals surface area contributed by atoms with Crippen LogP contribution in [0.25, 0.3) is 0 Å². The van der Waals surface area contributed by atoms with E-state index in [4.69, 9.17) is 0 Å². The molecule has 0 aliphatic carbocycles. The third-order valence-electron chi connectivity index (χ3n) is 2.06. The van der Waals surface area contributed by atoms with Crippen molar-refractivity contribution >= 4 is 19.4 Å². The van der Waals surface area contributed by atoms with E-state index < -0.39 is 20.0 Å². The maximum absolute atomic E-state index is 11.5. The summed E-state index contributed by atoms with van der Waals surface area (Å²) in [6, 6.07) is 8.34. The maximum atomic E-state index is 11.5. The van der Waals surface area contributed by atoms with Crippen molar-refractivity contribution in [1.82, 2.24) is 0 Å². The SMILES string of the molecule is COC(=O)N(CP(=O)([O-])OC)c1ccccc1.[Na+].